The minimum atomic E-state index is -0.267. The Bertz CT molecular complexity index is 1180. The van der Waals surface area contributed by atoms with Gasteiger partial charge in [0.15, 0.2) is 0 Å². The molecule has 2 aromatic carbocycles. The zero-order chi connectivity index (χ0) is 20.9. The lowest BCUT2D eigenvalue weighted by atomic mass is 10.1. The summed E-state index contributed by atoms with van der Waals surface area (Å²) in [4.78, 5) is 24.8. The van der Waals surface area contributed by atoms with Crippen molar-refractivity contribution in [2.24, 2.45) is 0 Å². The van der Waals surface area contributed by atoms with Gasteiger partial charge >= 0.3 is 0 Å². The van der Waals surface area contributed by atoms with Crippen LogP contribution in [0.15, 0.2) is 73.1 Å². The van der Waals surface area contributed by atoms with Crippen LogP contribution in [0.25, 0.3) is 10.9 Å². The number of aromatic nitrogens is 3. The predicted molar refractivity (Wildman–Crippen MR) is 116 cm³/mol. The van der Waals surface area contributed by atoms with Crippen LogP contribution in [0.3, 0.4) is 0 Å². The van der Waals surface area contributed by atoms with Crippen molar-refractivity contribution in [3.63, 3.8) is 0 Å². The van der Waals surface area contributed by atoms with E-state index in [1.165, 1.54) is 11.8 Å². The summed E-state index contributed by atoms with van der Waals surface area (Å²) >= 11 is 0. The molecule has 0 aliphatic heterocycles. The van der Waals surface area contributed by atoms with Crippen molar-refractivity contribution in [2.45, 2.75) is 13.0 Å². The monoisotopic (exact) mass is 399 g/mol. The second kappa shape index (κ2) is 8.57. The van der Waals surface area contributed by atoms with Crippen molar-refractivity contribution in [1.82, 2.24) is 20.3 Å². The van der Waals surface area contributed by atoms with Crippen molar-refractivity contribution in [3.05, 3.63) is 84.3 Å². The van der Waals surface area contributed by atoms with Crippen LogP contribution in [0.2, 0.25) is 0 Å². The number of anilines is 1. The predicted octanol–water partition coefficient (Wildman–Crippen LogP) is 4.35. The molecular weight excluding hydrogens is 378 g/mol. The molecule has 1 atom stereocenters. The quantitative estimate of drug-likeness (QED) is 0.501. The van der Waals surface area contributed by atoms with E-state index in [4.69, 9.17) is 4.74 Å². The highest BCUT2D eigenvalue weighted by Gasteiger charge is 2.09. The fraction of sp³-hybridized carbons (Fsp3) is 0.130. The van der Waals surface area contributed by atoms with Crippen molar-refractivity contribution in [2.75, 3.05) is 12.4 Å². The maximum absolute atomic E-state index is 11.7. The molecule has 0 bridgehead atoms. The number of pyridine rings is 1. The molecule has 2 aromatic heterocycles. The molecule has 0 aliphatic carbocycles. The number of carbonyl (C=O) groups is 1. The Kier molecular flexibility index (Phi) is 5.52. The van der Waals surface area contributed by atoms with Gasteiger partial charge in [0.2, 0.25) is 5.95 Å². The van der Waals surface area contributed by atoms with E-state index in [-0.39, 0.29) is 11.9 Å². The summed E-state index contributed by atoms with van der Waals surface area (Å²) in [6.07, 6.45) is 3.30. The number of ether oxygens (including phenoxy) is 1. The molecule has 150 valence electrons. The topological polar surface area (TPSA) is 89.0 Å². The molecule has 4 aromatic rings. The Hall–Kier alpha value is -4.00. The van der Waals surface area contributed by atoms with E-state index in [9.17, 15) is 4.79 Å². The number of benzene rings is 2. The first-order valence-corrected chi connectivity index (χ1v) is 9.56. The molecular formula is C23H21N5O2. The summed E-state index contributed by atoms with van der Waals surface area (Å²) in [6.45, 7) is 2.07. The highest BCUT2D eigenvalue weighted by Crippen LogP contribution is 2.26. The van der Waals surface area contributed by atoms with Gasteiger partial charge in [-0.05, 0) is 36.8 Å². The Morgan fingerprint density at radius 2 is 1.80 bits per heavy atom. The van der Waals surface area contributed by atoms with Crippen LogP contribution in [-0.2, 0) is 0 Å². The lowest BCUT2D eigenvalue weighted by Crippen LogP contribution is -2.18. The zero-order valence-corrected chi connectivity index (χ0v) is 16.7. The van der Waals surface area contributed by atoms with E-state index in [0.717, 1.165) is 10.9 Å². The number of nitrogens with one attached hydrogen (secondary N) is 2. The van der Waals surface area contributed by atoms with Gasteiger partial charge in [0.1, 0.15) is 17.2 Å². The first kappa shape index (κ1) is 19.3. The van der Waals surface area contributed by atoms with Gasteiger partial charge in [-0.25, -0.2) is 9.97 Å². The van der Waals surface area contributed by atoms with E-state index in [1.54, 1.807) is 25.4 Å². The number of hydrogen-bond acceptors (Lipinski definition) is 6. The normalized spacial score (nSPS) is 11.7. The molecule has 7 heteroatoms. The van der Waals surface area contributed by atoms with Gasteiger partial charge < -0.3 is 15.4 Å². The molecule has 0 fully saturated rings. The van der Waals surface area contributed by atoms with Gasteiger partial charge in [-0.15, -0.1) is 0 Å². The first-order chi connectivity index (χ1) is 14.6. The Morgan fingerprint density at radius 1 is 1.00 bits per heavy atom. The van der Waals surface area contributed by atoms with E-state index in [1.807, 2.05) is 36.4 Å². The van der Waals surface area contributed by atoms with Gasteiger partial charge in [0, 0.05) is 30.9 Å². The van der Waals surface area contributed by atoms with E-state index in [2.05, 4.69) is 44.6 Å². The summed E-state index contributed by atoms with van der Waals surface area (Å²) in [5.41, 5.74) is 2.27. The molecule has 1 amide bonds. The summed E-state index contributed by atoms with van der Waals surface area (Å²) in [7, 11) is 1.56. The van der Waals surface area contributed by atoms with Crippen LogP contribution in [0, 0.1) is 0 Å². The lowest BCUT2D eigenvalue weighted by molar-refractivity contribution is 0.0958. The number of amides is 1. The smallest absolute Gasteiger partial charge is 0.269 e. The Labute approximate surface area is 174 Å². The van der Waals surface area contributed by atoms with E-state index >= 15 is 0 Å². The molecule has 4 rings (SSSR count). The number of nitrogens with zero attached hydrogens (tertiary/aromatic N) is 3. The number of fused-ring (bicyclic) bond motifs is 1. The Morgan fingerprint density at radius 3 is 2.60 bits per heavy atom. The van der Waals surface area contributed by atoms with Crippen molar-refractivity contribution >= 4 is 22.8 Å². The second-order valence-electron chi connectivity index (χ2n) is 6.75. The van der Waals surface area contributed by atoms with Crippen molar-refractivity contribution in [1.29, 1.82) is 0 Å². The van der Waals surface area contributed by atoms with Gasteiger partial charge in [-0.2, -0.15) is 0 Å². The molecule has 0 radical (unpaired) electrons. The molecule has 0 aliphatic rings. The number of hydrogen-bond donors (Lipinski definition) is 2. The fourth-order valence-electron chi connectivity index (χ4n) is 3.03. The maximum atomic E-state index is 11.7. The average Bonchev–Trinajstić information content (AvgIpc) is 2.79. The third kappa shape index (κ3) is 4.35. The Balaban J connectivity index is 1.51. The van der Waals surface area contributed by atoms with Crippen molar-refractivity contribution < 1.29 is 9.53 Å². The van der Waals surface area contributed by atoms with Crippen molar-refractivity contribution in [3.8, 4) is 11.5 Å². The number of rotatable bonds is 6. The van der Waals surface area contributed by atoms with E-state index < -0.39 is 0 Å². The third-order valence-corrected chi connectivity index (χ3v) is 4.62. The van der Waals surface area contributed by atoms with Crippen LogP contribution in [-0.4, -0.2) is 27.9 Å². The van der Waals surface area contributed by atoms with Crippen LogP contribution >= 0.6 is 0 Å². The largest absolute Gasteiger partial charge is 0.457 e. The van der Waals surface area contributed by atoms with Gasteiger partial charge in [-0.3, -0.25) is 9.78 Å². The summed E-state index contributed by atoms with van der Waals surface area (Å²) < 4.78 is 5.88. The van der Waals surface area contributed by atoms with Gasteiger partial charge in [0.05, 0.1) is 11.6 Å². The lowest BCUT2D eigenvalue weighted by Gasteiger charge is -2.14. The molecule has 2 N–H and O–H groups in total. The first-order valence-electron chi connectivity index (χ1n) is 9.56. The molecule has 0 saturated carbocycles. The molecule has 1 unspecified atom stereocenters. The average molecular weight is 399 g/mol. The van der Waals surface area contributed by atoms with Gasteiger partial charge in [-0.1, -0.05) is 30.3 Å². The minimum Gasteiger partial charge on any atom is -0.457 e. The molecule has 0 saturated heterocycles. The summed E-state index contributed by atoms with van der Waals surface area (Å²) in [5, 5.41) is 6.73. The van der Waals surface area contributed by atoms with Crippen LogP contribution in [0.1, 0.15) is 29.0 Å². The molecule has 0 spiro atoms. The summed E-state index contributed by atoms with van der Waals surface area (Å²) in [5.74, 6) is 1.45. The highest BCUT2D eigenvalue weighted by molar-refractivity contribution is 5.92. The minimum absolute atomic E-state index is 0.0902. The zero-order valence-electron chi connectivity index (χ0n) is 16.7. The standard InChI is InChI=1S/C23H21N5O2/c1-15(16-6-4-3-5-7-16)27-23-26-14-17-12-18(8-9-20(17)28-23)30-19-10-11-25-21(13-19)22(29)24-2/h3-15H,1-2H3,(H,24,29)(H,26,27,28). The maximum Gasteiger partial charge on any atom is 0.269 e. The summed E-state index contributed by atoms with van der Waals surface area (Å²) in [6, 6.07) is 19.1. The van der Waals surface area contributed by atoms with E-state index in [0.29, 0.717) is 23.1 Å². The fourth-order valence-corrected chi connectivity index (χ4v) is 3.03. The third-order valence-electron chi connectivity index (χ3n) is 4.62. The van der Waals surface area contributed by atoms with Crippen LogP contribution < -0.4 is 15.4 Å². The molecule has 7 nitrogen and oxygen atoms in total. The van der Waals surface area contributed by atoms with Crippen LogP contribution in [0.5, 0.6) is 11.5 Å². The number of carbonyl (C=O) groups excluding carboxylic acids is 1. The molecule has 30 heavy (non-hydrogen) atoms. The molecule has 2 heterocycles. The van der Waals surface area contributed by atoms with Crippen LogP contribution in [0.4, 0.5) is 5.95 Å². The second-order valence-corrected chi connectivity index (χ2v) is 6.75. The SMILES string of the molecule is CNC(=O)c1cc(Oc2ccc3nc(NC(C)c4ccccc4)ncc3c2)ccn1. The highest BCUT2D eigenvalue weighted by atomic mass is 16.5. The van der Waals surface area contributed by atoms with Gasteiger partial charge in [0.25, 0.3) is 5.91 Å².